The smallest absolute Gasteiger partial charge is 0.263 e. The fourth-order valence-electron chi connectivity index (χ4n) is 1.45. The maximum absolute atomic E-state index is 13.7. The number of halogens is 2. The molecule has 0 radical (unpaired) electrons. The molecule has 0 saturated carbocycles. The van der Waals surface area contributed by atoms with E-state index in [2.05, 4.69) is 25.6 Å². The van der Waals surface area contributed by atoms with Gasteiger partial charge < -0.3 is 4.74 Å². The Bertz CT molecular complexity index is 723. The second-order valence-electron chi connectivity index (χ2n) is 3.73. The third-order valence-electron chi connectivity index (χ3n) is 2.38. The number of sulfonamides is 1. The maximum Gasteiger partial charge on any atom is 0.263 e. The van der Waals surface area contributed by atoms with E-state index in [-0.39, 0.29) is 10.8 Å². The van der Waals surface area contributed by atoms with Crippen LogP contribution in [0.15, 0.2) is 45.8 Å². The summed E-state index contributed by atoms with van der Waals surface area (Å²) in [6.45, 7) is 0. The van der Waals surface area contributed by atoms with Gasteiger partial charge in [0.15, 0.2) is 11.6 Å². The molecular weight excluding hydrogens is 351 g/mol. The Kier molecular flexibility index (Phi) is 4.24. The number of benzene rings is 1. The van der Waals surface area contributed by atoms with Gasteiger partial charge in [-0.05, 0) is 34.1 Å². The quantitative estimate of drug-likeness (QED) is 0.909. The molecule has 1 N–H and O–H groups in total. The number of nitrogens with one attached hydrogen (secondary N) is 1. The Labute approximate surface area is 124 Å². The van der Waals surface area contributed by atoms with Crippen LogP contribution >= 0.6 is 15.9 Å². The van der Waals surface area contributed by atoms with E-state index in [9.17, 15) is 12.8 Å². The molecule has 0 aliphatic heterocycles. The van der Waals surface area contributed by atoms with Crippen LogP contribution in [0.25, 0.3) is 0 Å². The molecule has 0 atom stereocenters. The van der Waals surface area contributed by atoms with E-state index < -0.39 is 21.7 Å². The van der Waals surface area contributed by atoms with Crippen LogP contribution in [0.4, 0.5) is 10.2 Å². The molecule has 106 valence electrons. The second kappa shape index (κ2) is 5.76. The number of rotatable bonds is 4. The lowest BCUT2D eigenvalue weighted by Gasteiger charge is -2.10. The molecule has 1 aromatic carbocycles. The lowest BCUT2D eigenvalue weighted by Crippen LogP contribution is -2.15. The first kappa shape index (κ1) is 14.7. The van der Waals surface area contributed by atoms with Crippen molar-refractivity contribution in [1.82, 2.24) is 4.98 Å². The minimum Gasteiger partial charge on any atom is -0.480 e. The van der Waals surface area contributed by atoms with Gasteiger partial charge in [-0.2, -0.15) is 4.98 Å². The van der Waals surface area contributed by atoms with Crippen LogP contribution in [0.5, 0.6) is 5.88 Å². The third-order valence-corrected chi connectivity index (χ3v) is 4.30. The zero-order chi connectivity index (χ0) is 14.8. The summed E-state index contributed by atoms with van der Waals surface area (Å²) in [6, 6.07) is 8.70. The van der Waals surface area contributed by atoms with Crippen molar-refractivity contribution in [2.24, 2.45) is 0 Å². The average molecular weight is 361 g/mol. The van der Waals surface area contributed by atoms with Crippen molar-refractivity contribution in [3.8, 4) is 5.88 Å². The van der Waals surface area contributed by atoms with Crippen molar-refractivity contribution in [2.75, 3.05) is 11.8 Å². The number of hydrogen-bond acceptors (Lipinski definition) is 4. The summed E-state index contributed by atoms with van der Waals surface area (Å²) in [5.41, 5.74) is 0. The van der Waals surface area contributed by atoms with Gasteiger partial charge in [0.05, 0.1) is 16.5 Å². The predicted molar refractivity (Wildman–Crippen MR) is 75.7 cm³/mol. The minimum atomic E-state index is -3.90. The summed E-state index contributed by atoms with van der Waals surface area (Å²) < 4.78 is 45.2. The summed E-state index contributed by atoms with van der Waals surface area (Å²) in [6.07, 6.45) is 0. The van der Waals surface area contributed by atoms with Gasteiger partial charge in [-0.1, -0.05) is 18.2 Å². The zero-order valence-electron chi connectivity index (χ0n) is 10.3. The molecule has 2 rings (SSSR count). The van der Waals surface area contributed by atoms with Crippen molar-refractivity contribution in [2.45, 2.75) is 4.90 Å². The molecule has 8 heteroatoms. The van der Waals surface area contributed by atoms with E-state index in [1.807, 2.05) is 0 Å². The van der Waals surface area contributed by atoms with E-state index in [1.165, 1.54) is 19.2 Å². The molecule has 20 heavy (non-hydrogen) atoms. The topological polar surface area (TPSA) is 68.3 Å². The number of pyridine rings is 1. The fraction of sp³-hybridized carbons (Fsp3) is 0.0833. The van der Waals surface area contributed by atoms with Crippen molar-refractivity contribution in [3.63, 3.8) is 0 Å². The van der Waals surface area contributed by atoms with Crippen LogP contribution in [0.1, 0.15) is 0 Å². The lowest BCUT2D eigenvalue weighted by molar-refractivity contribution is 0.394. The summed E-state index contributed by atoms with van der Waals surface area (Å²) in [5.74, 6) is -1.15. The summed E-state index contributed by atoms with van der Waals surface area (Å²) in [4.78, 5) is 3.78. The molecule has 1 aromatic heterocycles. The van der Waals surface area contributed by atoms with Crippen LogP contribution in [0.3, 0.4) is 0 Å². The number of anilines is 1. The molecule has 0 fully saturated rings. The highest BCUT2D eigenvalue weighted by molar-refractivity contribution is 9.10. The molecule has 2 aromatic rings. The molecule has 0 bridgehead atoms. The highest BCUT2D eigenvalue weighted by Gasteiger charge is 2.18. The monoisotopic (exact) mass is 360 g/mol. The minimum absolute atomic E-state index is 0.0167. The maximum atomic E-state index is 13.7. The number of aromatic nitrogens is 1. The predicted octanol–water partition coefficient (Wildman–Crippen LogP) is 2.79. The lowest BCUT2D eigenvalue weighted by atomic mass is 10.4. The Morgan fingerprint density at radius 3 is 2.55 bits per heavy atom. The van der Waals surface area contributed by atoms with Gasteiger partial charge in [0.2, 0.25) is 5.88 Å². The summed E-state index contributed by atoms with van der Waals surface area (Å²) in [5, 5.41) is 0. The number of ether oxygens (including phenoxy) is 1. The van der Waals surface area contributed by atoms with Gasteiger partial charge in [-0.15, -0.1) is 0 Å². The fourth-order valence-corrected chi connectivity index (χ4v) is 2.93. The summed E-state index contributed by atoms with van der Waals surface area (Å²) >= 11 is 3.06. The van der Waals surface area contributed by atoms with Gasteiger partial charge in [-0.3, -0.25) is 4.72 Å². The molecule has 0 saturated heterocycles. The molecule has 0 unspecified atom stereocenters. The summed E-state index contributed by atoms with van der Waals surface area (Å²) in [7, 11) is -2.55. The first-order chi connectivity index (χ1) is 9.44. The molecule has 0 aliphatic carbocycles. The normalized spacial score (nSPS) is 11.2. The SMILES string of the molecule is COc1nc(NS(=O)(=O)c2ccccc2)c(F)cc1Br. The van der Waals surface area contributed by atoms with E-state index in [0.29, 0.717) is 4.47 Å². The van der Waals surface area contributed by atoms with Gasteiger partial charge in [0.1, 0.15) is 0 Å². The van der Waals surface area contributed by atoms with Crippen LogP contribution in [0.2, 0.25) is 0 Å². The standard InChI is InChI=1S/C12H10BrFN2O3S/c1-19-12-9(13)7-10(14)11(15-12)16-20(17,18)8-5-3-2-4-6-8/h2-7H,1H3,(H,15,16). The van der Waals surface area contributed by atoms with E-state index in [0.717, 1.165) is 6.07 Å². The van der Waals surface area contributed by atoms with Crippen molar-refractivity contribution in [3.05, 3.63) is 46.7 Å². The molecule has 5 nitrogen and oxygen atoms in total. The van der Waals surface area contributed by atoms with Gasteiger partial charge in [0, 0.05) is 0 Å². The van der Waals surface area contributed by atoms with Crippen LogP contribution in [-0.4, -0.2) is 20.5 Å². The second-order valence-corrected chi connectivity index (χ2v) is 6.27. The number of hydrogen-bond donors (Lipinski definition) is 1. The first-order valence-corrected chi connectivity index (χ1v) is 7.69. The number of methoxy groups -OCH3 is 1. The van der Waals surface area contributed by atoms with Crippen molar-refractivity contribution < 1.29 is 17.5 Å². The molecular formula is C12H10BrFN2O3S. The molecule has 0 amide bonds. The van der Waals surface area contributed by atoms with E-state index in [4.69, 9.17) is 4.74 Å². The Morgan fingerprint density at radius 2 is 1.95 bits per heavy atom. The van der Waals surface area contributed by atoms with Gasteiger partial charge in [0.25, 0.3) is 10.0 Å². The van der Waals surface area contributed by atoms with Crippen LogP contribution in [0, 0.1) is 5.82 Å². The van der Waals surface area contributed by atoms with Crippen molar-refractivity contribution in [1.29, 1.82) is 0 Å². The highest BCUT2D eigenvalue weighted by Crippen LogP contribution is 2.27. The molecule has 0 spiro atoms. The van der Waals surface area contributed by atoms with Gasteiger partial charge >= 0.3 is 0 Å². The van der Waals surface area contributed by atoms with E-state index in [1.54, 1.807) is 18.2 Å². The number of nitrogens with zero attached hydrogens (tertiary/aromatic N) is 1. The Balaban J connectivity index is 2.40. The molecule has 0 aliphatic rings. The average Bonchev–Trinajstić information content (AvgIpc) is 2.43. The molecule has 1 heterocycles. The van der Waals surface area contributed by atoms with E-state index >= 15 is 0 Å². The zero-order valence-corrected chi connectivity index (χ0v) is 12.7. The van der Waals surface area contributed by atoms with Crippen LogP contribution in [-0.2, 0) is 10.0 Å². The van der Waals surface area contributed by atoms with Crippen LogP contribution < -0.4 is 9.46 Å². The Hall–Kier alpha value is -1.67. The first-order valence-electron chi connectivity index (χ1n) is 5.42. The largest absolute Gasteiger partial charge is 0.480 e. The van der Waals surface area contributed by atoms with Crippen molar-refractivity contribution >= 4 is 31.8 Å². The Morgan fingerprint density at radius 1 is 1.30 bits per heavy atom. The highest BCUT2D eigenvalue weighted by atomic mass is 79.9. The third kappa shape index (κ3) is 3.07. The van der Waals surface area contributed by atoms with Gasteiger partial charge in [-0.25, -0.2) is 12.8 Å².